The van der Waals surface area contributed by atoms with Crippen molar-refractivity contribution in [1.82, 2.24) is 0 Å². The fourth-order valence-corrected chi connectivity index (χ4v) is 0.527. The summed E-state index contributed by atoms with van der Waals surface area (Å²) in [7, 11) is 0. The first-order valence-electron chi connectivity index (χ1n) is 4.22. The minimum Gasteiger partial charge on any atom is -0.369 e. The van der Waals surface area contributed by atoms with Gasteiger partial charge in [0.15, 0.2) is 6.10 Å². The molecule has 0 aliphatic carbocycles. The molecule has 0 aromatic carbocycles. The monoisotopic (exact) mass is 164 g/mol. The lowest BCUT2D eigenvalue weighted by molar-refractivity contribution is 0.289. The molecule has 0 amide bonds. The van der Waals surface area contributed by atoms with Gasteiger partial charge in [0.2, 0.25) is 0 Å². The first-order chi connectivity index (χ1) is 5.52. The summed E-state index contributed by atoms with van der Waals surface area (Å²) in [4.78, 5) is 0. The fraction of sp³-hybridized carbons (Fsp3) is 0.636. The smallest absolute Gasteiger partial charge is 0.176 e. The van der Waals surface area contributed by atoms with E-state index in [1.54, 1.807) is 0 Å². The van der Waals surface area contributed by atoms with E-state index >= 15 is 0 Å². The Morgan fingerprint density at radius 2 is 1.08 bits per heavy atom. The Labute approximate surface area is 75.2 Å². The molecule has 0 aromatic rings. The average Bonchev–Trinajstić information content (AvgIpc) is 1.96. The molecule has 0 aliphatic rings. The molecule has 0 heterocycles. The molecule has 0 aromatic heterocycles. The van der Waals surface area contributed by atoms with Crippen molar-refractivity contribution in [3.63, 3.8) is 0 Å². The zero-order valence-electron chi connectivity index (χ0n) is 8.18. The van der Waals surface area contributed by atoms with Crippen molar-refractivity contribution in [3.05, 3.63) is 0 Å². The van der Waals surface area contributed by atoms with Crippen LogP contribution < -0.4 is 0 Å². The normalized spacial score (nSPS) is 9.33. The molecule has 0 saturated heterocycles. The van der Waals surface area contributed by atoms with E-state index in [-0.39, 0.29) is 0 Å². The van der Waals surface area contributed by atoms with Crippen molar-refractivity contribution >= 4 is 0 Å². The molecule has 1 nitrogen and oxygen atoms in total. The Morgan fingerprint density at radius 1 is 0.750 bits per heavy atom. The molecule has 0 bridgehead atoms. The van der Waals surface area contributed by atoms with E-state index in [1.807, 2.05) is 27.7 Å². The average molecular weight is 164 g/mol. The molecule has 0 spiro atoms. The largest absolute Gasteiger partial charge is 0.369 e. The van der Waals surface area contributed by atoms with E-state index < -0.39 is 6.10 Å². The predicted octanol–water partition coefficient (Wildman–Crippen LogP) is 1.67. The number of hydrogen-bond acceptors (Lipinski definition) is 1. The highest BCUT2D eigenvalue weighted by molar-refractivity contribution is 5.20. The Morgan fingerprint density at radius 3 is 1.33 bits per heavy atom. The Balaban J connectivity index is 4.02. The lowest BCUT2D eigenvalue weighted by Gasteiger charge is -1.92. The van der Waals surface area contributed by atoms with Gasteiger partial charge in [0.05, 0.1) is 0 Å². The molecule has 1 heteroatoms. The van der Waals surface area contributed by atoms with Crippen LogP contribution >= 0.6 is 0 Å². The van der Waals surface area contributed by atoms with E-state index in [2.05, 4.69) is 23.7 Å². The molecule has 0 rings (SSSR count). The number of rotatable bonds is 0. The lowest BCUT2D eigenvalue weighted by Crippen LogP contribution is -1.99. The minimum atomic E-state index is -0.783. The summed E-state index contributed by atoms with van der Waals surface area (Å²) < 4.78 is 0. The zero-order chi connectivity index (χ0) is 9.56. The summed E-state index contributed by atoms with van der Waals surface area (Å²) in [5.74, 6) is 11.7. The van der Waals surface area contributed by atoms with E-state index in [9.17, 15) is 5.11 Å². The molecule has 12 heavy (non-hydrogen) atoms. The van der Waals surface area contributed by atoms with Crippen LogP contribution in [0, 0.1) is 35.5 Å². The molecule has 0 atom stereocenters. The Kier molecular flexibility index (Phi) is 5.26. The molecule has 1 N–H and O–H groups in total. The SMILES string of the molecule is CC(C)C#CC(O)C#CC(C)C. The maximum absolute atomic E-state index is 9.20. The van der Waals surface area contributed by atoms with Gasteiger partial charge < -0.3 is 5.11 Å². The van der Waals surface area contributed by atoms with Gasteiger partial charge >= 0.3 is 0 Å². The Hall–Kier alpha value is -0.920. The van der Waals surface area contributed by atoms with E-state index in [4.69, 9.17) is 0 Å². The first-order valence-corrected chi connectivity index (χ1v) is 4.22. The van der Waals surface area contributed by atoms with Gasteiger partial charge in [-0.05, 0) is 0 Å². The van der Waals surface area contributed by atoms with E-state index in [1.165, 1.54) is 0 Å². The highest BCUT2D eigenvalue weighted by Crippen LogP contribution is 1.89. The van der Waals surface area contributed by atoms with Crippen LogP contribution in [0.4, 0.5) is 0 Å². The van der Waals surface area contributed by atoms with Crippen molar-refractivity contribution in [2.75, 3.05) is 0 Å². The van der Waals surface area contributed by atoms with Gasteiger partial charge in [0.25, 0.3) is 0 Å². The number of aliphatic hydroxyl groups is 1. The fourth-order valence-electron chi connectivity index (χ4n) is 0.527. The number of aliphatic hydroxyl groups excluding tert-OH is 1. The van der Waals surface area contributed by atoms with Gasteiger partial charge in [-0.15, -0.1) is 0 Å². The second-order valence-corrected chi connectivity index (χ2v) is 3.29. The number of hydrogen-bond donors (Lipinski definition) is 1. The molecule has 0 saturated carbocycles. The highest BCUT2D eigenvalue weighted by Gasteiger charge is 1.91. The third-order valence-corrected chi connectivity index (χ3v) is 1.02. The van der Waals surface area contributed by atoms with Gasteiger partial charge in [-0.1, -0.05) is 51.4 Å². The summed E-state index contributed by atoms with van der Waals surface area (Å²) in [5, 5.41) is 9.20. The van der Waals surface area contributed by atoms with E-state index in [0.717, 1.165) is 0 Å². The molecular weight excluding hydrogens is 148 g/mol. The Bertz CT molecular complexity index is 203. The molecule has 0 fully saturated rings. The van der Waals surface area contributed by atoms with Gasteiger partial charge in [0, 0.05) is 11.8 Å². The van der Waals surface area contributed by atoms with E-state index in [0.29, 0.717) is 11.8 Å². The van der Waals surface area contributed by atoms with Crippen molar-refractivity contribution in [3.8, 4) is 23.7 Å². The molecule has 0 unspecified atom stereocenters. The third kappa shape index (κ3) is 7.19. The van der Waals surface area contributed by atoms with Crippen LogP contribution in [0.25, 0.3) is 0 Å². The molecule has 66 valence electrons. The highest BCUT2D eigenvalue weighted by atomic mass is 16.3. The quantitative estimate of drug-likeness (QED) is 0.540. The van der Waals surface area contributed by atoms with Crippen LogP contribution in [0.1, 0.15) is 27.7 Å². The summed E-state index contributed by atoms with van der Waals surface area (Å²) >= 11 is 0. The van der Waals surface area contributed by atoms with Crippen LogP contribution in [-0.2, 0) is 0 Å². The molecular formula is C11H16O. The third-order valence-electron chi connectivity index (χ3n) is 1.02. The topological polar surface area (TPSA) is 20.2 Å². The first kappa shape index (κ1) is 11.1. The van der Waals surface area contributed by atoms with Gasteiger partial charge in [0.1, 0.15) is 0 Å². The maximum atomic E-state index is 9.20. The second kappa shape index (κ2) is 5.70. The maximum Gasteiger partial charge on any atom is 0.176 e. The van der Waals surface area contributed by atoms with Crippen LogP contribution in [0.3, 0.4) is 0 Å². The van der Waals surface area contributed by atoms with Crippen molar-refractivity contribution in [2.24, 2.45) is 11.8 Å². The van der Waals surface area contributed by atoms with Crippen LogP contribution in [-0.4, -0.2) is 11.2 Å². The van der Waals surface area contributed by atoms with Gasteiger partial charge in [-0.2, -0.15) is 0 Å². The molecule has 0 radical (unpaired) electrons. The minimum absolute atomic E-state index is 0.292. The van der Waals surface area contributed by atoms with Crippen LogP contribution in [0.5, 0.6) is 0 Å². The summed E-state index contributed by atoms with van der Waals surface area (Å²) in [6, 6.07) is 0. The summed E-state index contributed by atoms with van der Waals surface area (Å²) in [6.07, 6.45) is -0.783. The zero-order valence-corrected chi connectivity index (χ0v) is 8.18. The predicted molar refractivity (Wildman–Crippen MR) is 51.2 cm³/mol. The van der Waals surface area contributed by atoms with Gasteiger partial charge in [-0.3, -0.25) is 0 Å². The van der Waals surface area contributed by atoms with Crippen molar-refractivity contribution < 1.29 is 5.11 Å². The lowest BCUT2D eigenvalue weighted by atomic mass is 10.2. The van der Waals surface area contributed by atoms with Crippen molar-refractivity contribution in [1.29, 1.82) is 0 Å². The van der Waals surface area contributed by atoms with Gasteiger partial charge in [-0.25, -0.2) is 0 Å². The van der Waals surface area contributed by atoms with Crippen LogP contribution in [0.2, 0.25) is 0 Å². The van der Waals surface area contributed by atoms with Crippen molar-refractivity contribution in [2.45, 2.75) is 33.8 Å². The molecule has 0 aliphatic heterocycles. The van der Waals surface area contributed by atoms with Crippen LogP contribution in [0.15, 0.2) is 0 Å². The second-order valence-electron chi connectivity index (χ2n) is 3.29. The summed E-state index contributed by atoms with van der Waals surface area (Å²) in [6.45, 7) is 7.93. The summed E-state index contributed by atoms with van der Waals surface area (Å²) in [5.41, 5.74) is 0. The standard InChI is InChI=1S/C11H16O/c1-9(2)5-7-11(12)8-6-10(3)4/h9-12H,1-4H3.